The molecule has 0 radical (unpaired) electrons. The van der Waals surface area contributed by atoms with Crippen LogP contribution >= 0.6 is 11.5 Å². The number of aromatic nitrogens is 3. The van der Waals surface area contributed by atoms with Gasteiger partial charge >= 0.3 is 6.18 Å². The number of halogens is 5. The number of pyridine rings is 1. The van der Waals surface area contributed by atoms with Gasteiger partial charge in [0.1, 0.15) is 23.7 Å². The van der Waals surface area contributed by atoms with Crippen LogP contribution in [-0.4, -0.2) is 51.2 Å². The summed E-state index contributed by atoms with van der Waals surface area (Å²) in [4.78, 5) is 34.7. The topological polar surface area (TPSA) is 97.3 Å². The molecule has 37 heavy (non-hydrogen) atoms. The number of carbonyl (C=O) groups is 2. The van der Waals surface area contributed by atoms with Crippen molar-refractivity contribution in [3.05, 3.63) is 58.2 Å². The first kappa shape index (κ1) is 26.5. The molecule has 2 aromatic heterocycles. The molecular formula is C23H20F5N5O3S. The number of piperidine rings is 1. The first-order valence-electron chi connectivity index (χ1n) is 11.0. The van der Waals surface area contributed by atoms with Crippen LogP contribution in [0.2, 0.25) is 0 Å². The fraction of sp³-hybridized carbons (Fsp3) is 0.348. The van der Waals surface area contributed by atoms with Crippen LogP contribution < -0.4 is 10.1 Å². The lowest BCUT2D eigenvalue weighted by Crippen LogP contribution is -2.41. The maximum absolute atomic E-state index is 15.0. The summed E-state index contributed by atoms with van der Waals surface area (Å²) in [6.07, 6.45) is -2.83. The van der Waals surface area contributed by atoms with Gasteiger partial charge in [-0.15, -0.1) is 0 Å². The van der Waals surface area contributed by atoms with E-state index in [0.29, 0.717) is 32.1 Å². The highest BCUT2D eigenvalue weighted by Crippen LogP contribution is 2.30. The summed E-state index contributed by atoms with van der Waals surface area (Å²) in [5.41, 5.74) is -1.78. The number of imide groups is 1. The Hall–Kier alpha value is -3.52. The Kier molecular flexibility index (Phi) is 7.78. The molecule has 2 amide bonds. The Morgan fingerprint density at radius 2 is 1.89 bits per heavy atom. The van der Waals surface area contributed by atoms with E-state index in [-0.39, 0.29) is 23.1 Å². The zero-order valence-corrected chi connectivity index (χ0v) is 20.1. The summed E-state index contributed by atoms with van der Waals surface area (Å²) in [5.74, 6) is -5.10. The van der Waals surface area contributed by atoms with E-state index in [1.54, 1.807) is 0 Å². The second-order valence-corrected chi connectivity index (χ2v) is 9.20. The highest BCUT2D eigenvalue weighted by atomic mass is 32.1. The molecule has 1 saturated heterocycles. The van der Waals surface area contributed by atoms with E-state index >= 15 is 0 Å². The first-order chi connectivity index (χ1) is 17.5. The van der Waals surface area contributed by atoms with Gasteiger partial charge in [-0.1, -0.05) is 0 Å². The highest BCUT2D eigenvalue weighted by molar-refractivity contribution is 7.05. The van der Waals surface area contributed by atoms with Crippen LogP contribution in [-0.2, 0) is 17.6 Å². The number of hydrogen-bond donors (Lipinski definition) is 1. The van der Waals surface area contributed by atoms with Crippen molar-refractivity contribution in [2.45, 2.75) is 25.6 Å². The molecule has 0 atom stereocenters. The maximum Gasteiger partial charge on any atom is 0.417 e. The van der Waals surface area contributed by atoms with Crippen molar-refractivity contribution >= 4 is 23.3 Å². The van der Waals surface area contributed by atoms with E-state index in [1.165, 1.54) is 0 Å². The molecule has 1 aliphatic heterocycles. The number of rotatable bonds is 6. The Morgan fingerprint density at radius 3 is 2.54 bits per heavy atom. The molecule has 14 heteroatoms. The molecule has 1 N–H and O–H groups in total. The highest BCUT2D eigenvalue weighted by Gasteiger charge is 2.31. The summed E-state index contributed by atoms with van der Waals surface area (Å²) in [7, 11) is 1.91. The van der Waals surface area contributed by atoms with E-state index in [0.717, 1.165) is 35.8 Å². The number of amides is 2. The molecule has 1 fully saturated rings. The Balaban J connectivity index is 1.41. The Bertz CT molecular complexity index is 1290. The summed E-state index contributed by atoms with van der Waals surface area (Å²) in [6, 6.07) is 3.79. The number of ether oxygens (including phenoxy) is 1. The standard InChI is InChI=1S/C23H20F5N5O3S/c1-33-8-6-12(7-9-33)21(34)31-22(35)18-14(24)3-5-16(19(18)25)36-11-17-30-20(32-37-17)15-4-2-13(10-29-15)23(26,27)28/h2-5,10,12H,6-9,11H2,1H3,(H,31,34,35). The lowest BCUT2D eigenvalue weighted by molar-refractivity contribution is -0.137. The maximum atomic E-state index is 15.0. The quantitative estimate of drug-likeness (QED) is 0.371. The summed E-state index contributed by atoms with van der Waals surface area (Å²) in [5, 5.41) is 2.29. The number of likely N-dealkylation sites (tertiary alicyclic amines) is 1. The van der Waals surface area contributed by atoms with Crippen molar-refractivity contribution in [1.82, 2.24) is 24.6 Å². The van der Waals surface area contributed by atoms with Crippen molar-refractivity contribution < 1.29 is 36.3 Å². The largest absolute Gasteiger partial charge is 0.483 e. The predicted molar refractivity (Wildman–Crippen MR) is 122 cm³/mol. The molecule has 8 nitrogen and oxygen atoms in total. The average Bonchev–Trinajstić information content (AvgIpc) is 3.32. The summed E-state index contributed by atoms with van der Waals surface area (Å²) in [6.45, 7) is 1.01. The number of carbonyl (C=O) groups excluding carboxylic acids is 2. The average molecular weight is 542 g/mol. The van der Waals surface area contributed by atoms with Crippen molar-refractivity contribution in [3.8, 4) is 17.3 Å². The van der Waals surface area contributed by atoms with Gasteiger partial charge in [0.15, 0.2) is 22.4 Å². The summed E-state index contributed by atoms with van der Waals surface area (Å²) >= 11 is 0.845. The van der Waals surface area contributed by atoms with Crippen LogP contribution in [0.4, 0.5) is 22.0 Å². The molecule has 0 unspecified atom stereocenters. The van der Waals surface area contributed by atoms with Gasteiger partial charge in [-0.25, -0.2) is 13.8 Å². The van der Waals surface area contributed by atoms with Crippen molar-refractivity contribution in [3.63, 3.8) is 0 Å². The Labute approximate surface area is 211 Å². The monoisotopic (exact) mass is 541 g/mol. The third-order valence-corrected chi connectivity index (χ3v) is 6.43. The molecule has 3 heterocycles. The third-order valence-electron chi connectivity index (χ3n) is 5.75. The van der Waals surface area contributed by atoms with Gasteiger partial charge in [0.25, 0.3) is 5.91 Å². The molecule has 1 aromatic carbocycles. The number of nitrogens with one attached hydrogen (secondary N) is 1. The van der Waals surface area contributed by atoms with Gasteiger partial charge in [-0.3, -0.25) is 19.9 Å². The number of alkyl halides is 3. The lowest BCUT2D eigenvalue weighted by atomic mass is 9.96. The van der Waals surface area contributed by atoms with Crippen LogP contribution in [0.15, 0.2) is 30.5 Å². The van der Waals surface area contributed by atoms with E-state index in [9.17, 15) is 31.5 Å². The van der Waals surface area contributed by atoms with Crippen molar-refractivity contribution in [1.29, 1.82) is 0 Å². The van der Waals surface area contributed by atoms with Crippen LogP contribution in [0.25, 0.3) is 11.5 Å². The summed E-state index contributed by atoms with van der Waals surface area (Å²) < 4.78 is 76.7. The molecule has 0 saturated carbocycles. The van der Waals surface area contributed by atoms with Gasteiger partial charge in [0.05, 0.1) is 5.56 Å². The minimum Gasteiger partial charge on any atom is -0.483 e. The Morgan fingerprint density at radius 1 is 1.16 bits per heavy atom. The molecular weight excluding hydrogens is 521 g/mol. The molecule has 3 aromatic rings. The van der Waals surface area contributed by atoms with Crippen molar-refractivity contribution in [2.75, 3.05) is 20.1 Å². The van der Waals surface area contributed by atoms with E-state index < -0.39 is 52.4 Å². The second kappa shape index (κ2) is 10.8. The molecule has 4 rings (SSSR count). The third kappa shape index (κ3) is 6.25. The zero-order valence-electron chi connectivity index (χ0n) is 19.3. The van der Waals surface area contributed by atoms with E-state index in [4.69, 9.17) is 4.74 Å². The van der Waals surface area contributed by atoms with Crippen LogP contribution in [0.5, 0.6) is 5.75 Å². The number of hydrogen-bond acceptors (Lipinski definition) is 8. The first-order valence-corrected chi connectivity index (χ1v) is 11.8. The minimum atomic E-state index is -4.53. The van der Waals surface area contributed by atoms with Crippen molar-refractivity contribution in [2.24, 2.45) is 5.92 Å². The van der Waals surface area contributed by atoms with Gasteiger partial charge in [0, 0.05) is 12.1 Å². The molecule has 0 aliphatic carbocycles. The van der Waals surface area contributed by atoms with Crippen LogP contribution in [0.3, 0.4) is 0 Å². The molecule has 0 bridgehead atoms. The normalized spacial score (nSPS) is 15.0. The second-order valence-electron chi connectivity index (χ2n) is 8.36. The zero-order chi connectivity index (χ0) is 26.7. The van der Waals surface area contributed by atoms with Crippen LogP contribution in [0, 0.1) is 17.6 Å². The molecule has 0 spiro atoms. The SMILES string of the molecule is CN1CCC(C(=O)NC(=O)c2c(F)ccc(OCc3nc(-c4ccc(C(F)(F)F)cn4)ns3)c2F)CC1. The number of benzene rings is 1. The van der Waals surface area contributed by atoms with Crippen LogP contribution in [0.1, 0.15) is 33.8 Å². The van der Waals surface area contributed by atoms with Gasteiger partial charge in [0.2, 0.25) is 5.91 Å². The smallest absolute Gasteiger partial charge is 0.417 e. The predicted octanol–water partition coefficient (Wildman–Crippen LogP) is 4.07. The fourth-order valence-electron chi connectivity index (χ4n) is 3.65. The molecule has 196 valence electrons. The van der Waals surface area contributed by atoms with E-state index in [2.05, 4.69) is 19.7 Å². The van der Waals surface area contributed by atoms with Gasteiger partial charge < -0.3 is 9.64 Å². The molecule has 1 aliphatic rings. The minimum absolute atomic E-state index is 0.0457. The lowest BCUT2D eigenvalue weighted by Gasteiger charge is -2.27. The van der Waals surface area contributed by atoms with Gasteiger partial charge in [-0.05, 0) is 68.8 Å². The van der Waals surface area contributed by atoms with Gasteiger partial charge in [-0.2, -0.15) is 17.5 Å². The number of nitrogens with zero attached hydrogens (tertiary/aromatic N) is 4. The fourth-order valence-corrected chi connectivity index (χ4v) is 4.22. The van der Waals surface area contributed by atoms with E-state index in [1.807, 2.05) is 11.9 Å².